The molecule has 178 valence electrons. The van der Waals surface area contributed by atoms with Gasteiger partial charge in [0.25, 0.3) is 0 Å². The van der Waals surface area contributed by atoms with E-state index in [1.165, 1.54) is 35.7 Å². The summed E-state index contributed by atoms with van der Waals surface area (Å²) < 4.78 is 41.0. The van der Waals surface area contributed by atoms with Crippen molar-refractivity contribution in [3.63, 3.8) is 0 Å². The maximum atomic E-state index is 11.9. The Morgan fingerprint density at radius 3 is 2.45 bits per heavy atom. The molecule has 33 heavy (non-hydrogen) atoms. The lowest BCUT2D eigenvalue weighted by atomic mass is 9.91. The summed E-state index contributed by atoms with van der Waals surface area (Å²) in [5, 5.41) is 8.68. The van der Waals surface area contributed by atoms with Crippen LogP contribution in [0, 0.1) is 0 Å². The van der Waals surface area contributed by atoms with Gasteiger partial charge >= 0.3 is 6.18 Å². The smallest absolute Gasteiger partial charge is 0.416 e. The molecular formula is C24H28F3N3O3. The number of pyridine rings is 1. The molecule has 0 fully saturated rings. The van der Waals surface area contributed by atoms with Crippen molar-refractivity contribution in [1.29, 1.82) is 0 Å². The van der Waals surface area contributed by atoms with E-state index >= 15 is 0 Å². The van der Waals surface area contributed by atoms with Crippen LogP contribution in [0.3, 0.4) is 0 Å². The molecule has 3 heterocycles. The molecule has 0 radical (unpaired) electrons. The molecule has 1 amide bonds. The number of aryl methyl sites for hydroxylation is 1. The second-order valence-corrected chi connectivity index (χ2v) is 7.99. The van der Waals surface area contributed by atoms with Crippen LogP contribution in [0.15, 0.2) is 36.4 Å². The van der Waals surface area contributed by atoms with Crippen LogP contribution in [0.5, 0.6) is 5.75 Å². The van der Waals surface area contributed by atoms with Crippen LogP contribution in [0.25, 0.3) is 0 Å². The van der Waals surface area contributed by atoms with Crippen molar-refractivity contribution in [2.75, 3.05) is 18.8 Å². The van der Waals surface area contributed by atoms with Gasteiger partial charge in [0.05, 0.1) is 18.8 Å². The van der Waals surface area contributed by atoms with Gasteiger partial charge in [0.2, 0.25) is 6.41 Å². The molecule has 0 spiro atoms. The lowest BCUT2D eigenvalue weighted by molar-refractivity contribution is -0.137. The number of nitrogen functional groups attached to an aromatic ring is 1. The molecule has 1 aromatic carbocycles. The van der Waals surface area contributed by atoms with Crippen molar-refractivity contribution in [3.8, 4) is 5.75 Å². The predicted molar refractivity (Wildman–Crippen MR) is 118 cm³/mol. The van der Waals surface area contributed by atoms with E-state index in [2.05, 4.69) is 11.1 Å². The minimum atomic E-state index is -4.38. The summed E-state index contributed by atoms with van der Waals surface area (Å²) in [6.45, 7) is 3.08. The second-order valence-electron chi connectivity index (χ2n) is 7.99. The molecule has 5 rings (SSSR count). The first-order chi connectivity index (χ1) is 15.8. The fraction of sp³-hybridized carbons (Fsp3) is 0.417. The molecule has 2 aromatic rings. The Labute approximate surface area is 190 Å². The van der Waals surface area contributed by atoms with Crippen LogP contribution in [0.1, 0.15) is 47.2 Å². The number of anilines is 1. The fourth-order valence-electron chi connectivity index (χ4n) is 3.92. The average Bonchev–Trinajstić information content (AvgIpc) is 3.31. The number of aromatic hydroxyl groups is 1. The van der Waals surface area contributed by atoms with Gasteiger partial charge in [-0.05, 0) is 61.4 Å². The number of ether oxygens (including phenoxy) is 1. The summed E-state index contributed by atoms with van der Waals surface area (Å²) in [5.41, 5.74) is 10.2. The van der Waals surface area contributed by atoms with E-state index in [1.807, 2.05) is 6.08 Å². The standard InChI is InChI=1S/C11H14N2O.C7H5F3O.C6H9NO/c12-11-9-6-14-5-8(9)7-3-1-2-4-10(7)13-11;8-7(9,10)5-2-1-3-6(11)4-5;8-6-7-4-2-1-3-5-7/h1-6H2,(H2,12,13);1-4,11H;1-2,6H,3-5H2. The Bertz CT molecular complexity index is 993. The molecule has 6 nitrogen and oxygen atoms in total. The van der Waals surface area contributed by atoms with Gasteiger partial charge in [-0.25, -0.2) is 4.98 Å². The molecule has 2 aliphatic heterocycles. The van der Waals surface area contributed by atoms with Crippen molar-refractivity contribution in [2.24, 2.45) is 0 Å². The topological polar surface area (TPSA) is 88.7 Å². The van der Waals surface area contributed by atoms with Gasteiger partial charge in [0.1, 0.15) is 11.6 Å². The number of rotatable bonds is 1. The average molecular weight is 464 g/mol. The van der Waals surface area contributed by atoms with Gasteiger partial charge in [0, 0.05) is 24.3 Å². The molecule has 0 unspecified atom stereocenters. The number of hydrogen-bond acceptors (Lipinski definition) is 5. The van der Waals surface area contributed by atoms with Crippen molar-refractivity contribution < 1.29 is 27.8 Å². The number of alkyl halides is 3. The Balaban J connectivity index is 0.000000145. The van der Waals surface area contributed by atoms with E-state index in [4.69, 9.17) is 15.6 Å². The second kappa shape index (κ2) is 11.2. The number of phenols is 1. The van der Waals surface area contributed by atoms with Crippen LogP contribution in [-0.2, 0) is 41.8 Å². The summed E-state index contributed by atoms with van der Waals surface area (Å²) in [4.78, 5) is 16.3. The van der Waals surface area contributed by atoms with E-state index in [1.54, 1.807) is 4.90 Å². The van der Waals surface area contributed by atoms with Crippen molar-refractivity contribution in [2.45, 2.75) is 51.5 Å². The number of aromatic nitrogens is 1. The maximum absolute atomic E-state index is 11.9. The molecule has 3 N–H and O–H groups in total. The zero-order valence-electron chi connectivity index (χ0n) is 18.3. The lowest BCUT2D eigenvalue weighted by Gasteiger charge is -2.18. The van der Waals surface area contributed by atoms with Crippen molar-refractivity contribution in [3.05, 3.63) is 64.4 Å². The van der Waals surface area contributed by atoms with Gasteiger partial charge < -0.3 is 20.5 Å². The Morgan fingerprint density at radius 1 is 1.09 bits per heavy atom. The number of carbonyl (C=O) groups is 1. The number of nitrogens with zero attached hydrogens (tertiary/aromatic N) is 2. The third-order valence-corrected chi connectivity index (χ3v) is 5.64. The van der Waals surface area contributed by atoms with Gasteiger partial charge in [-0.15, -0.1) is 0 Å². The maximum Gasteiger partial charge on any atom is 0.416 e. The number of nitrogens with two attached hydrogens (primary N) is 1. The molecular weight excluding hydrogens is 435 g/mol. The van der Waals surface area contributed by atoms with Crippen LogP contribution in [0.2, 0.25) is 0 Å². The SMILES string of the molecule is Nc1nc2c(c3c1COC3)CCCC2.O=CN1CC=CCC1.Oc1cccc(C(F)(F)F)c1. The number of hydrogen-bond donors (Lipinski definition) is 2. The van der Waals surface area contributed by atoms with E-state index < -0.39 is 11.7 Å². The van der Waals surface area contributed by atoms with Crippen LogP contribution >= 0.6 is 0 Å². The summed E-state index contributed by atoms with van der Waals surface area (Å²) in [6.07, 6.45) is 6.42. The summed E-state index contributed by atoms with van der Waals surface area (Å²) >= 11 is 0. The van der Waals surface area contributed by atoms with Gasteiger partial charge in [0.15, 0.2) is 0 Å². The van der Waals surface area contributed by atoms with Crippen molar-refractivity contribution >= 4 is 12.2 Å². The molecule has 1 aromatic heterocycles. The third-order valence-electron chi connectivity index (χ3n) is 5.64. The number of halogens is 3. The van der Waals surface area contributed by atoms with E-state index in [0.29, 0.717) is 18.5 Å². The quantitative estimate of drug-likeness (QED) is 0.484. The minimum absolute atomic E-state index is 0.375. The van der Waals surface area contributed by atoms with Crippen molar-refractivity contribution in [1.82, 2.24) is 9.88 Å². The van der Waals surface area contributed by atoms with Crippen LogP contribution in [0.4, 0.5) is 19.0 Å². The number of carbonyl (C=O) groups excluding carboxylic acids is 1. The molecule has 0 saturated carbocycles. The van der Waals surface area contributed by atoms with Gasteiger partial charge in [-0.1, -0.05) is 18.2 Å². The summed E-state index contributed by atoms with van der Waals surface area (Å²) in [7, 11) is 0. The van der Waals surface area contributed by atoms with Crippen LogP contribution < -0.4 is 5.73 Å². The van der Waals surface area contributed by atoms with Gasteiger partial charge in [-0.3, -0.25) is 4.79 Å². The first-order valence-electron chi connectivity index (χ1n) is 10.9. The number of phenolic OH excluding ortho intramolecular Hbond substituents is 1. The highest BCUT2D eigenvalue weighted by molar-refractivity contribution is 5.52. The Morgan fingerprint density at radius 2 is 1.85 bits per heavy atom. The molecule has 9 heteroatoms. The lowest BCUT2D eigenvalue weighted by Crippen LogP contribution is -2.25. The van der Waals surface area contributed by atoms with Gasteiger partial charge in [-0.2, -0.15) is 13.2 Å². The van der Waals surface area contributed by atoms with E-state index in [9.17, 15) is 18.0 Å². The third kappa shape index (κ3) is 6.71. The predicted octanol–water partition coefficient (Wildman–Crippen LogP) is 4.39. The fourth-order valence-corrected chi connectivity index (χ4v) is 3.92. The normalized spacial score (nSPS) is 16.5. The molecule has 3 aliphatic rings. The largest absolute Gasteiger partial charge is 0.508 e. The van der Waals surface area contributed by atoms with Crippen LogP contribution in [-0.4, -0.2) is 34.5 Å². The monoisotopic (exact) mass is 463 g/mol. The Kier molecular flexibility index (Phi) is 8.32. The zero-order valence-corrected chi connectivity index (χ0v) is 18.3. The summed E-state index contributed by atoms with van der Waals surface area (Å²) in [5.74, 6) is 0.318. The first kappa shape index (κ1) is 24.6. The zero-order chi connectivity index (χ0) is 23.8. The van der Waals surface area contributed by atoms with E-state index in [-0.39, 0.29) is 5.75 Å². The molecule has 0 atom stereocenters. The molecule has 1 aliphatic carbocycles. The first-order valence-corrected chi connectivity index (χ1v) is 10.9. The minimum Gasteiger partial charge on any atom is -0.508 e. The Hall–Kier alpha value is -3.07. The highest BCUT2D eigenvalue weighted by atomic mass is 19.4. The highest BCUT2D eigenvalue weighted by Crippen LogP contribution is 2.33. The molecule has 0 bridgehead atoms. The number of benzene rings is 1. The number of amides is 1. The molecule has 0 saturated heterocycles. The van der Waals surface area contributed by atoms with E-state index in [0.717, 1.165) is 63.1 Å². The number of fused-ring (bicyclic) bond motifs is 3. The highest BCUT2D eigenvalue weighted by Gasteiger charge is 2.30. The summed E-state index contributed by atoms with van der Waals surface area (Å²) in [6, 6.07) is 3.92.